The standard InChI is InChI=1S/C14H30S/c1-11(2)13(5,6)9-15-10-14(7,8)12(3)4/h11-12H,9-10H2,1-8H3. The third kappa shape index (κ3) is 5.29. The summed E-state index contributed by atoms with van der Waals surface area (Å²) in [6, 6.07) is 0. The molecule has 0 aromatic rings. The molecule has 0 fully saturated rings. The van der Waals surface area contributed by atoms with Crippen LogP contribution in [0.15, 0.2) is 0 Å². The summed E-state index contributed by atoms with van der Waals surface area (Å²) >= 11 is 2.12. The fraction of sp³-hybridized carbons (Fsp3) is 1.00. The molecule has 0 aliphatic carbocycles. The summed E-state index contributed by atoms with van der Waals surface area (Å²) in [6.45, 7) is 18.8. The van der Waals surface area contributed by atoms with E-state index in [2.05, 4.69) is 67.2 Å². The second-order valence-corrected chi connectivity index (χ2v) is 7.76. The summed E-state index contributed by atoms with van der Waals surface area (Å²) in [5.74, 6) is 4.10. The van der Waals surface area contributed by atoms with Crippen molar-refractivity contribution in [2.45, 2.75) is 55.4 Å². The fourth-order valence-corrected chi connectivity index (χ4v) is 2.73. The molecule has 0 amide bonds. The van der Waals surface area contributed by atoms with Crippen molar-refractivity contribution in [2.24, 2.45) is 22.7 Å². The molecule has 92 valence electrons. The van der Waals surface area contributed by atoms with Gasteiger partial charge in [-0.2, -0.15) is 11.8 Å². The highest BCUT2D eigenvalue weighted by atomic mass is 32.2. The molecule has 0 rings (SSSR count). The molecular weight excluding hydrogens is 200 g/mol. The summed E-state index contributed by atoms with van der Waals surface area (Å²) in [4.78, 5) is 0. The minimum Gasteiger partial charge on any atom is -0.161 e. The molecule has 0 aromatic carbocycles. The van der Waals surface area contributed by atoms with Gasteiger partial charge in [-0.1, -0.05) is 55.4 Å². The first-order valence-electron chi connectivity index (χ1n) is 6.17. The van der Waals surface area contributed by atoms with Crippen LogP contribution in [0, 0.1) is 22.7 Å². The Hall–Kier alpha value is 0.350. The molecule has 0 heterocycles. The lowest BCUT2D eigenvalue weighted by Gasteiger charge is -2.33. The molecular formula is C14H30S. The second kappa shape index (κ2) is 5.61. The average Bonchev–Trinajstić information content (AvgIpc) is 2.02. The van der Waals surface area contributed by atoms with Gasteiger partial charge < -0.3 is 0 Å². The number of hydrogen-bond acceptors (Lipinski definition) is 1. The van der Waals surface area contributed by atoms with E-state index in [1.165, 1.54) is 11.5 Å². The number of thioether (sulfide) groups is 1. The number of rotatable bonds is 6. The zero-order valence-electron chi connectivity index (χ0n) is 12.0. The van der Waals surface area contributed by atoms with Crippen LogP contribution in [0.5, 0.6) is 0 Å². The SMILES string of the molecule is CC(C)C(C)(C)CSCC(C)(C)C(C)C. The highest BCUT2D eigenvalue weighted by molar-refractivity contribution is 7.99. The summed E-state index contributed by atoms with van der Waals surface area (Å²) in [5.41, 5.74) is 0.940. The molecule has 0 N–H and O–H groups in total. The van der Waals surface area contributed by atoms with Crippen molar-refractivity contribution in [3.8, 4) is 0 Å². The monoisotopic (exact) mass is 230 g/mol. The minimum atomic E-state index is 0.470. The Kier molecular flexibility index (Phi) is 5.74. The van der Waals surface area contributed by atoms with Crippen molar-refractivity contribution in [1.29, 1.82) is 0 Å². The topological polar surface area (TPSA) is 0 Å². The zero-order valence-corrected chi connectivity index (χ0v) is 12.8. The summed E-state index contributed by atoms with van der Waals surface area (Å²) in [5, 5.41) is 0. The van der Waals surface area contributed by atoms with Gasteiger partial charge in [-0.15, -0.1) is 0 Å². The molecule has 0 aliphatic rings. The van der Waals surface area contributed by atoms with Gasteiger partial charge in [0.05, 0.1) is 0 Å². The molecule has 0 bridgehead atoms. The van der Waals surface area contributed by atoms with Gasteiger partial charge in [0.25, 0.3) is 0 Å². The van der Waals surface area contributed by atoms with Crippen LogP contribution < -0.4 is 0 Å². The lowest BCUT2D eigenvalue weighted by Crippen LogP contribution is -2.26. The largest absolute Gasteiger partial charge is 0.161 e. The van der Waals surface area contributed by atoms with Crippen molar-refractivity contribution < 1.29 is 0 Å². The molecule has 0 radical (unpaired) electrons. The maximum Gasteiger partial charge on any atom is -0.00134 e. The molecule has 1 heteroatoms. The van der Waals surface area contributed by atoms with E-state index in [-0.39, 0.29) is 0 Å². The van der Waals surface area contributed by atoms with Crippen LogP contribution in [0.4, 0.5) is 0 Å². The van der Waals surface area contributed by atoms with Gasteiger partial charge in [0, 0.05) is 0 Å². The van der Waals surface area contributed by atoms with E-state index in [0.29, 0.717) is 10.8 Å². The summed E-state index contributed by atoms with van der Waals surface area (Å²) in [7, 11) is 0. The molecule has 0 nitrogen and oxygen atoms in total. The quantitative estimate of drug-likeness (QED) is 0.613. The third-order valence-corrected chi connectivity index (χ3v) is 5.97. The van der Waals surface area contributed by atoms with Crippen LogP contribution in [-0.4, -0.2) is 11.5 Å². The van der Waals surface area contributed by atoms with E-state index in [9.17, 15) is 0 Å². The van der Waals surface area contributed by atoms with E-state index in [0.717, 1.165) is 11.8 Å². The molecule has 0 aliphatic heterocycles. The van der Waals surface area contributed by atoms with Crippen molar-refractivity contribution in [2.75, 3.05) is 11.5 Å². The average molecular weight is 230 g/mol. The summed E-state index contributed by atoms with van der Waals surface area (Å²) in [6.07, 6.45) is 0. The third-order valence-electron chi connectivity index (χ3n) is 4.07. The maximum absolute atomic E-state index is 2.38. The van der Waals surface area contributed by atoms with Gasteiger partial charge in [0.2, 0.25) is 0 Å². The van der Waals surface area contributed by atoms with Crippen LogP contribution in [0.2, 0.25) is 0 Å². The van der Waals surface area contributed by atoms with Crippen molar-refractivity contribution >= 4 is 11.8 Å². The molecule has 0 spiro atoms. The van der Waals surface area contributed by atoms with E-state index in [1.807, 2.05) is 0 Å². The van der Waals surface area contributed by atoms with Gasteiger partial charge in [-0.25, -0.2) is 0 Å². The summed E-state index contributed by atoms with van der Waals surface area (Å²) < 4.78 is 0. The Labute approximate surface area is 102 Å². The van der Waals surface area contributed by atoms with Gasteiger partial charge in [0.15, 0.2) is 0 Å². The first-order valence-corrected chi connectivity index (χ1v) is 7.33. The van der Waals surface area contributed by atoms with Crippen LogP contribution in [0.1, 0.15) is 55.4 Å². The van der Waals surface area contributed by atoms with Crippen LogP contribution >= 0.6 is 11.8 Å². The Morgan fingerprint density at radius 1 is 0.733 bits per heavy atom. The first-order chi connectivity index (χ1) is 6.59. The van der Waals surface area contributed by atoms with Crippen LogP contribution in [0.3, 0.4) is 0 Å². The Morgan fingerprint density at radius 2 is 1.00 bits per heavy atom. The Bertz CT molecular complexity index is 158. The van der Waals surface area contributed by atoms with E-state index >= 15 is 0 Å². The highest BCUT2D eigenvalue weighted by Crippen LogP contribution is 2.35. The Morgan fingerprint density at radius 3 is 1.20 bits per heavy atom. The first kappa shape index (κ1) is 15.3. The van der Waals surface area contributed by atoms with E-state index in [4.69, 9.17) is 0 Å². The Balaban J connectivity index is 4.00. The zero-order chi connectivity index (χ0) is 12.3. The molecule has 0 unspecified atom stereocenters. The van der Waals surface area contributed by atoms with Gasteiger partial charge in [-0.3, -0.25) is 0 Å². The number of hydrogen-bond donors (Lipinski definition) is 0. The van der Waals surface area contributed by atoms with Gasteiger partial charge in [0.1, 0.15) is 0 Å². The maximum atomic E-state index is 2.38. The predicted molar refractivity (Wildman–Crippen MR) is 74.6 cm³/mol. The van der Waals surface area contributed by atoms with Crippen LogP contribution in [0.25, 0.3) is 0 Å². The molecule has 15 heavy (non-hydrogen) atoms. The van der Waals surface area contributed by atoms with E-state index in [1.54, 1.807) is 0 Å². The molecule has 0 saturated carbocycles. The lowest BCUT2D eigenvalue weighted by atomic mass is 9.83. The molecule has 0 saturated heterocycles. The normalized spacial score (nSPS) is 14.0. The molecule has 0 aromatic heterocycles. The van der Waals surface area contributed by atoms with Crippen LogP contribution in [-0.2, 0) is 0 Å². The minimum absolute atomic E-state index is 0.470. The van der Waals surface area contributed by atoms with Crippen molar-refractivity contribution in [1.82, 2.24) is 0 Å². The smallest absolute Gasteiger partial charge is 0.00134 e. The van der Waals surface area contributed by atoms with Gasteiger partial charge >= 0.3 is 0 Å². The van der Waals surface area contributed by atoms with Gasteiger partial charge in [-0.05, 0) is 34.2 Å². The predicted octanol–water partition coefficient (Wildman–Crippen LogP) is 5.08. The van der Waals surface area contributed by atoms with Crippen molar-refractivity contribution in [3.05, 3.63) is 0 Å². The van der Waals surface area contributed by atoms with Crippen molar-refractivity contribution in [3.63, 3.8) is 0 Å². The fourth-order valence-electron chi connectivity index (χ4n) is 0.910. The lowest BCUT2D eigenvalue weighted by molar-refractivity contribution is 0.282. The molecule has 0 atom stereocenters. The highest BCUT2D eigenvalue weighted by Gasteiger charge is 2.26. The second-order valence-electron chi connectivity index (χ2n) is 6.78. The van der Waals surface area contributed by atoms with E-state index < -0.39 is 0 Å².